The highest BCUT2D eigenvalue weighted by molar-refractivity contribution is 5.98. The molecule has 0 saturated carbocycles. The van der Waals surface area contributed by atoms with Crippen LogP contribution in [0.4, 0.5) is 0 Å². The monoisotopic (exact) mass is 255 g/mol. The van der Waals surface area contributed by atoms with Gasteiger partial charge in [-0.05, 0) is 42.7 Å². The van der Waals surface area contributed by atoms with Gasteiger partial charge in [0.05, 0.1) is 5.56 Å². The standard InChI is InChI=1S/C16H17NO2/c1-2-12-6-8-15(18)14(11-12)16(19)9-7-13-5-3-4-10-17-13/h3-6,8,10-11,18H,2,7,9H2,1H3. The van der Waals surface area contributed by atoms with Crippen molar-refractivity contribution in [2.45, 2.75) is 26.2 Å². The highest BCUT2D eigenvalue weighted by Crippen LogP contribution is 2.21. The number of phenols is 1. The Hall–Kier alpha value is -2.16. The number of phenolic OH excluding ortho intramolecular Hbond substituents is 1. The van der Waals surface area contributed by atoms with Crippen LogP contribution in [0.2, 0.25) is 0 Å². The molecule has 0 amide bonds. The van der Waals surface area contributed by atoms with Gasteiger partial charge in [0.2, 0.25) is 0 Å². The molecule has 0 radical (unpaired) electrons. The second-order valence-electron chi connectivity index (χ2n) is 4.45. The molecule has 2 aromatic rings. The second-order valence-corrected chi connectivity index (χ2v) is 4.45. The first-order valence-electron chi connectivity index (χ1n) is 6.45. The van der Waals surface area contributed by atoms with Crippen LogP contribution in [0.1, 0.15) is 35.0 Å². The van der Waals surface area contributed by atoms with Crippen molar-refractivity contribution in [1.29, 1.82) is 0 Å². The van der Waals surface area contributed by atoms with Crippen LogP contribution < -0.4 is 0 Å². The lowest BCUT2D eigenvalue weighted by Gasteiger charge is -2.06. The molecular formula is C16H17NO2. The van der Waals surface area contributed by atoms with E-state index in [0.29, 0.717) is 18.4 Å². The zero-order valence-electron chi connectivity index (χ0n) is 11.0. The average molecular weight is 255 g/mol. The molecule has 0 spiro atoms. The van der Waals surface area contributed by atoms with Crippen molar-refractivity contribution >= 4 is 5.78 Å². The summed E-state index contributed by atoms with van der Waals surface area (Å²) in [5, 5.41) is 9.76. The van der Waals surface area contributed by atoms with Crippen molar-refractivity contribution in [2.75, 3.05) is 0 Å². The largest absolute Gasteiger partial charge is 0.507 e. The van der Waals surface area contributed by atoms with Crippen molar-refractivity contribution in [2.24, 2.45) is 0 Å². The lowest BCUT2D eigenvalue weighted by atomic mass is 10.0. The van der Waals surface area contributed by atoms with E-state index in [1.54, 1.807) is 18.3 Å². The van der Waals surface area contributed by atoms with Crippen LogP contribution in [0.15, 0.2) is 42.6 Å². The molecule has 0 atom stereocenters. The molecule has 0 bridgehead atoms. The minimum atomic E-state index is -0.0431. The van der Waals surface area contributed by atoms with Gasteiger partial charge in [0, 0.05) is 18.3 Å². The molecule has 0 aliphatic carbocycles. The number of nitrogens with zero attached hydrogens (tertiary/aromatic N) is 1. The summed E-state index contributed by atoms with van der Waals surface area (Å²) in [4.78, 5) is 16.3. The summed E-state index contributed by atoms with van der Waals surface area (Å²) >= 11 is 0. The summed E-state index contributed by atoms with van der Waals surface area (Å²) in [6, 6.07) is 10.9. The highest BCUT2D eigenvalue weighted by Gasteiger charge is 2.12. The van der Waals surface area contributed by atoms with Crippen molar-refractivity contribution in [3.8, 4) is 5.75 Å². The fourth-order valence-electron chi connectivity index (χ4n) is 1.95. The maximum atomic E-state index is 12.1. The fourth-order valence-corrected chi connectivity index (χ4v) is 1.95. The minimum absolute atomic E-state index is 0.0431. The molecule has 0 fully saturated rings. The van der Waals surface area contributed by atoms with Gasteiger partial charge >= 0.3 is 0 Å². The minimum Gasteiger partial charge on any atom is -0.507 e. The Balaban J connectivity index is 2.08. The molecule has 98 valence electrons. The van der Waals surface area contributed by atoms with Crippen molar-refractivity contribution < 1.29 is 9.90 Å². The van der Waals surface area contributed by atoms with Crippen LogP contribution in [0.3, 0.4) is 0 Å². The Kier molecular flexibility index (Phi) is 4.29. The zero-order valence-corrected chi connectivity index (χ0v) is 11.0. The molecule has 1 aromatic heterocycles. The van der Waals surface area contributed by atoms with Gasteiger partial charge in [0.1, 0.15) is 5.75 Å². The van der Waals surface area contributed by atoms with E-state index in [4.69, 9.17) is 0 Å². The Morgan fingerprint density at radius 2 is 2.11 bits per heavy atom. The van der Waals surface area contributed by atoms with Gasteiger partial charge in [-0.25, -0.2) is 0 Å². The van der Waals surface area contributed by atoms with E-state index in [-0.39, 0.29) is 11.5 Å². The number of pyridine rings is 1. The number of ketones is 1. The predicted octanol–water partition coefficient (Wildman–Crippen LogP) is 3.17. The van der Waals surface area contributed by atoms with E-state index < -0.39 is 0 Å². The Morgan fingerprint density at radius 3 is 2.79 bits per heavy atom. The third-order valence-electron chi connectivity index (χ3n) is 3.10. The fraction of sp³-hybridized carbons (Fsp3) is 0.250. The first-order valence-corrected chi connectivity index (χ1v) is 6.45. The third-order valence-corrected chi connectivity index (χ3v) is 3.10. The van der Waals surface area contributed by atoms with Crippen molar-refractivity contribution in [3.63, 3.8) is 0 Å². The lowest BCUT2D eigenvalue weighted by molar-refractivity contribution is 0.0980. The number of benzene rings is 1. The van der Waals surface area contributed by atoms with Gasteiger partial charge in [-0.3, -0.25) is 9.78 Å². The van der Waals surface area contributed by atoms with Crippen LogP contribution in [0.5, 0.6) is 5.75 Å². The van der Waals surface area contributed by atoms with E-state index in [1.807, 2.05) is 31.2 Å². The number of hydrogen-bond donors (Lipinski definition) is 1. The molecule has 3 nitrogen and oxygen atoms in total. The summed E-state index contributed by atoms with van der Waals surface area (Å²) in [6.45, 7) is 2.02. The van der Waals surface area contributed by atoms with Gasteiger partial charge in [-0.2, -0.15) is 0 Å². The van der Waals surface area contributed by atoms with E-state index in [2.05, 4.69) is 4.98 Å². The predicted molar refractivity (Wildman–Crippen MR) is 74.4 cm³/mol. The normalized spacial score (nSPS) is 10.4. The van der Waals surface area contributed by atoms with Crippen molar-refractivity contribution in [3.05, 3.63) is 59.4 Å². The number of aromatic nitrogens is 1. The number of aromatic hydroxyl groups is 1. The number of hydrogen-bond acceptors (Lipinski definition) is 3. The van der Waals surface area contributed by atoms with E-state index in [0.717, 1.165) is 17.7 Å². The van der Waals surface area contributed by atoms with E-state index in [1.165, 1.54) is 0 Å². The third kappa shape index (κ3) is 3.41. The number of Topliss-reactive ketones (excluding diaryl/α,β-unsaturated/α-hetero) is 1. The molecule has 19 heavy (non-hydrogen) atoms. The summed E-state index contributed by atoms with van der Waals surface area (Å²) in [5.74, 6) is 0.0154. The van der Waals surface area contributed by atoms with E-state index >= 15 is 0 Å². The molecule has 0 unspecified atom stereocenters. The van der Waals surface area contributed by atoms with Gasteiger partial charge in [-0.15, -0.1) is 0 Å². The van der Waals surface area contributed by atoms with Gasteiger partial charge in [0.25, 0.3) is 0 Å². The number of carbonyl (C=O) groups is 1. The zero-order chi connectivity index (χ0) is 13.7. The molecule has 3 heteroatoms. The van der Waals surface area contributed by atoms with Crippen LogP contribution in [0.25, 0.3) is 0 Å². The highest BCUT2D eigenvalue weighted by atomic mass is 16.3. The van der Waals surface area contributed by atoms with Crippen LogP contribution in [-0.2, 0) is 12.8 Å². The van der Waals surface area contributed by atoms with Crippen LogP contribution in [-0.4, -0.2) is 15.9 Å². The molecular weight excluding hydrogens is 238 g/mol. The van der Waals surface area contributed by atoms with Crippen LogP contribution in [0, 0.1) is 0 Å². The quantitative estimate of drug-likeness (QED) is 0.835. The molecule has 1 heterocycles. The summed E-state index contributed by atoms with van der Waals surface area (Å²) < 4.78 is 0. The smallest absolute Gasteiger partial charge is 0.166 e. The summed E-state index contributed by atoms with van der Waals surface area (Å²) in [5.41, 5.74) is 2.36. The lowest BCUT2D eigenvalue weighted by Crippen LogP contribution is -2.03. The van der Waals surface area contributed by atoms with Gasteiger partial charge < -0.3 is 5.11 Å². The molecule has 1 aromatic carbocycles. The average Bonchev–Trinajstić information content (AvgIpc) is 2.46. The van der Waals surface area contributed by atoms with Crippen LogP contribution >= 0.6 is 0 Å². The topological polar surface area (TPSA) is 50.2 Å². The van der Waals surface area contributed by atoms with E-state index in [9.17, 15) is 9.90 Å². The maximum absolute atomic E-state index is 12.1. The first kappa shape index (κ1) is 13.3. The molecule has 0 saturated heterocycles. The SMILES string of the molecule is CCc1ccc(O)c(C(=O)CCc2ccccn2)c1. The number of rotatable bonds is 5. The second kappa shape index (κ2) is 6.14. The Labute approximate surface area is 112 Å². The number of carbonyl (C=O) groups excluding carboxylic acids is 1. The Morgan fingerprint density at radius 1 is 1.26 bits per heavy atom. The van der Waals surface area contributed by atoms with Gasteiger partial charge in [0.15, 0.2) is 5.78 Å². The molecule has 1 N–H and O–H groups in total. The Bertz CT molecular complexity index is 564. The summed E-state index contributed by atoms with van der Waals surface area (Å²) in [6.07, 6.45) is 3.52. The summed E-state index contributed by atoms with van der Waals surface area (Å²) in [7, 11) is 0. The molecule has 2 rings (SSSR count). The molecule has 0 aliphatic rings. The van der Waals surface area contributed by atoms with Gasteiger partial charge in [-0.1, -0.05) is 19.1 Å². The maximum Gasteiger partial charge on any atom is 0.166 e. The number of aryl methyl sites for hydroxylation is 2. The molecule has 0 aliphatic heterocycles. The first-order chi connectivity index (χ1) is 9.20. The van der Waals surface area contributed by atoms with Crippen molar-refractivity contribution in [1.82, 2.24) is 4.98 Å².